The molecule has 0 aliphatic carbocycles. The second-order valence-corrected chi connectivity index (χ2v) is 9.46. The predicted octanol–water partition coefficient (Wildman–Crippen LogP) is 6.30. The molecule has 2 N–H and O–H groups in total. The van der Waals surface area contributed by atoms with Crippen LogP contribution < -0.4 is 4.74 Å². The number of hydrogen-bond acceptors (Lipinski definition) is 4. The number of benzene rings is 3. The Morgan fingerprint density at radius 1 is 1.03 bits per heavy atom. The lowest BCUT2D eigenvalue weighted by Gasteiger charge is -2.24. The Labute approximate surface area is 203 Å². The first-order valence-electron chi connectivity index (χ1n) is 11.8. The standard InChI is InChI=1S/C29H27FN2O3/c1-29(2,33)21-6-3-18(4-7-21)26-16-23-25(32-26)9-8-24(30)28(23)19-5-10-27(20(15-19)17-31)35-22-11-13-34-14-12-22/h3-10,15-16,22,32-33H,11-14H2,1-2H3. The van der Waals surface area contributed by atoms with Crippen LogP contribution >= 0.6 is 0 Å². The van der Waals surface area contributed by atoms with Crippen molar-refractivity contribution >= 4 is 10.9 Å². The van der Waals surface area contributed by atoms with Gasteiger partial charge in [-0.2, -0.15) is 5.26 Å². The van der Waals surface area contributed by atoms with Crippen LogP contribution in [0.3, 0.4) is 0 Å². The van der Waals surface area contributed by atoms with Crippen molar-refractivity contribution in [3.8, 4) is 34.2 Å². The molecule has 1 fully saturated rings. The fourth-order valence-corrected chi connectivity index (χ4v) is 4.53. The van der Waals surface area contributed by atoms with Gasteiger partial charge in [-0.15, -0.1) is 0 Å². The van der Waals surface area contributed by atoms with Crippen molar-refractivity contribution in [3.05, 3.63) is 77.6 Å². The number of H-pyrrole nitrogens is 1. The number of aromatic nitrogens is 1. The number of aromatic amines is 1. The van der Waals surface area contributed by atoms with E-state index >= 15 is 4.39 Å². The molecule has 5 nitrogen and oxygen atoms in total. The molecule has 0 unspecified atom stereocenters. The molecular weight excluding hydrogens is 443 g/mol. The van der Waals surface area contributed by atoms with E-state index in [0.29, 0.717) is 35.7 Å². The Bertz CT molecular complexity index is 1410. The summed E-state index contributed by atoms with van der Waals surface area (Å²) in [7, 11) is 0. The van der Waals surface area contributed by atoms with Crippen LogP contribution in [0.5, 0.6) is 5.75 Å². The van der Waals surface area contributed by atoms with E-state index in [1.165, 1.54) is 6.07 Å². The highest BCUT2D eigenvalue weighted by Gasteiger charge is 2.20. The van der Waals surface area contributed by atoms with E-state index in [9.17, 15) is 10.4 Å². The summed E-state index contributed by atoms with van der Waals surface area (Å²) in [5.74, 6) is 0.153. The number of fused-ring (bicyclic) bond motifs is 1. The van der Waals surface area contributed by atoms with Crippen LogP contribution in [0, 0.1) is 17.1 Å². The summed E-state index contributed by atoms with van der Waals surface area (Å²) in [5, 5.41) is 20.7. The molecule has 1 aliphatic heterocycles. The van der Waals surface area contributed by atoms with Crippen LogP contribution in [0.4, 0.5) is 4.39 Å². The summed E-state index contributed by atoms with van der Waals surface area (Å²) >= 11 is 0. The number of halogens is 1. The van der Waals surface area contributed by atoms with E-state index in [4.69, 9.17) is 9.47 Å². The molecule has 0 radical (unpaired) electrons. The predicted molar refractivity (Wildman–Crippen MR) is 134 cm³/mol. The van der Waals surface area contributed by atoms with Gasteiger partial charge in [0.1, 0.15) is 23.7 Å². The minimum Gasteiger partial charge on any atom is -0.489 e. The van der Waals surface area contributed by atoms with Gasteiger partial charge >= 0.3 is 0 Å². The number of aliphatic hydroxyl groups is 1. The third kappa shape index (κ3) is 4.66. The molecule has 0 spiro atoms. The van der Waals surface area contributed by atoms with Crippen LogP contribution in [0.2, 0.25) is 0 Å². The minimum absolute atomic E-state index is 0.0110. The Kier molecular flexibility index (Phi) is 6.06. The van der Waals surface area contributed by atoms with Crippen molar-refractivity contribution in [1.29, 1.82) is 5.26 Å². The quantitative estimate of drug-likeness (QED) is 0.359. The number of hydrogen-bond donors (Lipinski definition) is 2. The molecule has 0 atom stereocenters. The summed E-state index contributed by atoms with van der Waals surface area (Å²) in [6.07, 6.45) is 1.57. The van der Waals surface area contributed by atoms with Gasteiger partial charge < -0.3 is 19.6 Å². The van der Waals surface area contributed by atoms with Crippen LogP contribution in [0.15, 0.2) is 60.7 Å². The monoisotopic (exact) mass is 470 g/mol. The first kappa shape index (κ1) is 23.1. The molecule has 2 heterocycles. The van der Waals surface area contributed by atoms with E-state index in [2.05, 4.69) is 11.1 Å². The molecule has 1 saturated heterocycles. The van der Waals surface area contributed by atoms with E-state index in [1.807, 2.05) is 30.3 Å². The third-order valence-corrected chi connectivity index (χ3v) is 6.51. The topological polar surface area (TPSA) is 78.3 Å². The van der Waals surface area contributed by atoms with Crippen LogP contribution in [0.25, 0.3) is 33.3 Å². The van der Waals surface area contributed by atoms with Crippen molar-refractivity contribution in [1.82, 2.24) is 4.98 Å². The van der Waals surface area contributed by atoms with Crippen molar-refractivity contribution < 1.29 is 19.0 Å². The first-order chi connectivity index (χ1) is 16.8. The van der Waals surface area contributed by atoms with Gasteiger partial charge in [-0.25, -0.2) is 4.39 Å². The van der Waals surface area contributed by atoms with Crippen molar-refractivity contribution in [3.63, 3.8) is 0 Å². The van der Waals surface area contributed by atoms with Crippen LogP contribution in [0.1, 0.15) is 37.8 Å². The normalized spacial score (nSPS) is 14.7. The molecule has 0 saturated carbocycles. The van der Waals surface area contributed by atoms with Gasteiger partial charge in [0.25, 0.3) is 0 Å². The Morgan fingerprint density at radius 3 is 2.43 bits per heavy atom. The van der Waals surface area contributed by atoms with Gasteiger partial charge in [0.05, 0.1) is 24.4 Å². The summed E-state index contributed by atoms with van der Waals surface area (Å²) in [4.78, 5) is 3.37. The zero-order valence-corrected chi connectivity index (χ0v) is 19.8. The lowest BCUT2D eigenvalue weighted by Crippen LogP contribution is -2.26. The number of nitriles is 1. The molecule has 5 rings (SSSR count). The second-order valence-electron chi connectivity index (χ2n) is 9.46. The van der Waals surface area contributed by atoms with E-state index in [0.717, 1.165) is 40.6 Å². The van der Waals surface area contributed by atoms with Gasteiger partial charge in [0.15, 0.2) is 0 Å². The van der Waals surface area contributed by atoms with Gasteiger partial charge in [-0.1, -0.05) is 30.3 Å². The van der Waals surface area contributed by atoms with Crippen molar-refractivity contribution in [2.75, 3.05) is 13.2 Å². The van der Waals surface area contributed by atoms with Crippen molar-refractivity contribution in [2.24, 2.45) is 0 Å². The number of nitrogens with one attached hydrogen (secondary N) is 1. The Balaban J connectivity index is 1.52. The zero-order valence-electron chi connectivity index (χ0n) is 19.8. The highest BCUT2D eigenvalue weighted by Crippen LogP contribution is 2.37. The molecular formula is C29H27FN2O3. The Hall–Kier alpha value is -3.66. The fraction of sp³-hybridized carbons (Fsp3) is 0.276. The van der Waals surface area contributed by atoms with E-state index < -0.39 is 5.60 Å². The largest absolute Gasteiger partial charge is 0.489 e. The lowest BCUT2D eigenvalue weighted by atomic mass is 9.96. The van der Waals surface area contributed by atoms with E-state index in [1.54, 1.807) is 38.1 Å². The SMILES string of the molecule is CC(C)(O)c1ccc(-c2cc3c(-c4ccc(OC5CCOCC5)c(C#N)c4)c(F)ccc3[nH]2)cc1. The summed E-state index contributed by atoms with van der Waals surface area (Å²) < 4.78 is 26.6. The second kappa shape index (κ2) is 9.18. The Morgan fingerprint density at radius 2 is 1.74 bits per heavy atom. The minimum atomic E-state index is -0.922. The average molecular weight is 471 g/mol. The summed E-state index contributed by atoms with van der Waals surface area (Å²) in [6, 6.07) is 20.2. The number of ether oxygens (including phenoxy) is 2. The maximum absolute atomic E-state index is 15.1. The lowest BCUT2D eigenvalue weighted by molar-refractivity contribution is 0.0254. The van der Waals surface area contributed by atoms with Gasteiger partial charge in [0, 0.05) is 35.0 Å². The molecule has 0 amide bonds. The molecule has 1 aromatic heterocycles. The van der Waals surface area contributed by atoms with Crippen LogP contribution in [-0.2, 0) is 10.3 Å². The smallest absolute Gasteiger partial charge is 0.137 e. The van der Waals surface area contributed by atoms with E-state index in [-0.39, 0.29) is 11.9 Å². The molecule has 6 heteroatoms. The fourth-order valence-electron chi connectivity index (χ4n) is 4.53. The molecule has 178 valence electrons. The third-order valence-electron chi connectivity index (χ3n) is 6.51. The molecule has 3 aromatic carbocycles. The maximum Gasteiger partial charge on any atom is 0.137 e. The highest BCUT2D eigenvalue weighted by atomic mass is 19.1. The van der Waals surface area contributed by atoms with Gasteiger partial charge in [-0.05, 0) is 60.9 Å². The molecule has 0 bridgehead atoms. The maximum atomic E-state index is 15.1. The first-order valence-corrected chi connectivity index (χ1v) is 11.8. The molecule has 4 aromatic rings. The van der Waals surface area contributed by atoms with Gasteiger partial charge in [0.2, 0.25) is 0 Å². The zero-order chi connectivity index (χ0) is 24.6. The average Bonchev–Trinajstić information content (AvgIpc) is 3.29. The van der Waals surface area contributed by atoms with Gasteiger partial charge in [-0.3, -0.25) is 0 Å². The molecule has 1 aliphatic rings. The highest BCUT2D eigenvalue weighted by molar-refractivity contribution is 5.98. The number of rotatable bonds is 5. The van der Waals surface area contributed by atoms with Crippen LogP contribution in [-0.4, -0.2) is 29.4 Å². The number of nitrogens with zero attached hydrogens (tertiary/aromatic N) is 1. The summed E-state index contributed by atoms with van der Waals surface area (Å²) in [6.45, 7) is 4.78. The molecule has 35 heavy (non-hydrogen) atoms. The van der Waals surface area contributed by atoms with Crippen molar-refractivity contribution in [2.45, 2.75) is 38.4 Å². The summed E-state index contributed by atoms with van der Waals surface area (Å²) in [5.41, 5.74) is 3.89.